The van der Waals surface area contributed by atoms with Crippen molar-refractivity contribution < 1.29 is 33.9 Å². The molecule has 0 saturated carbocycles. The maximum atomic E-state index is 12.6. The fraction of sp³-hybridized carbons (Fsp3) is 0.647. The van der Waals surface area contributed by atoms with Gasteiger partial charge >= 0.3 is 5.97 Å². The van der Waals surface area contributed by atoms with Crippen molar-refractivity contribution in [3.63, 3.8) is 0 Å². The third-order valence-corrected chi connectivity index (χ3v) is 4.11. The molecular weight excluding hydrogens is 414 g/mol. The maximum Gasteiger partial charge on any atom is 0.326 e. The van der Waals surface area contributed by atoms with Crippen LogP contribution in [-0.2, 0) is 28.8 Å². The van der Waals surface area contributed by atoms with E-state index in [4.69, 9.17) is 28.0 Å². The van der Waals surface area contributed by atoms with Crippen LogP contribution in [0, 0.1) is 0 Å². The molecule has 4 atom stereocenters. The molecule has 0 radical (unpaired) electrons. The standard InChI is InChI=1S/C17H31N7O7/c1-8(14(27)24-11(17(30)31)7-13(21)26)22-16(29)10(4-2-3-5-18)23-15(28)9(19)6-12(20)25/h8-11H,2-7,18-19H2,1H3,(H2,20,25)(H2,21,26)(H,22,29)(H,23,28)(H,24,27)(H,30,31). The number of unbranched alkanes of at least 4 members (excludes halogenated alkanes) is 1. The molecule has 0 aliphatic rings. The number of amides is 5. The van der Waals surface area contributed by atoms with Gasteiger partial charge in [-0.1, -0.05) is 0 Å². The number of nitrogens with one attached hydrogen (secondary N) is 3. The van der Waals surface area contributed by atoms with Crippen molar-refractivity contribution in [1.82, 2.24) is 16.0 Å². The van der Waals surface area contributed by atoms with Crippen molar-refractivity contribution in [3.05, 3.63) is 0 Å². The minimum Gasteiger partial charge on any atom is -0.480 e. The zero-order chi connectivity index (χ0) is 24.1. The van der Waals surface area contributed by atoms with Crippen LogP contribution in [0.4, 0.5) is 0 Å². The van der Waals surface area contributed by atoms with Crippen LogP contribution in [0.2, 0.25) is 0 Å². The Labute approximate surface area is 178 Å². The number of carbonyl (C=O) groups is 6. The number of carboxylic acids is 1. The molecule has 0 aliphatic heterocycles. The molecule has 5 amide bonds. The summed E-state index contributed by atoms with van der Waals surface area (Å²) in [6.45, 7) is 1.65. The SMILES string of the molecule is CC(NC(=O)C(CCCCN)NC(=O)C(N)CC(N)=O)C(=O)NC(CC(N)=O)C(=O)O. The first-order valence-electron chi connectivity index (χ1n) is 9.55. The minimum atomic E-state index is -1.56. The van der Waals surface area contributed by atoms with E-state index >= 15 is 0 Å². The van der Waals surface area contributed by atoms with Gasteiger partial charge in [0.15, 0.2) is 0 Å². The number of rotatable bonds is 15. The first-order valence-corrected chi connectivity index (χ1v) is 9.55. The van der Waals surface area contributed by atoms with Gasteiger partial charge in [0.25, 0.3) is 0 Å². The van der Waals surface area contributed by atoms with E-state index in [2.05, 4.69) is 16.0 Å². The highest BCUT2D eigenvalue weighted by Crippen LogP contribution is 2.03. The summed E-state index contributed by atoms with van der Waals surface area (Å²) in [7, 11) is 0. The van der Waals surface area contributed by atoms with E-state index in [-0.39, 0.29) is 6.42 Å². The number of carbonyl (C=O) groups excluding carboxylic acids is 5. The van der Waals surface area contributed by atoms with E-state index in [9.17, 15) is 28.8 Å². The fourth-order valence-corrected chi connectivity index (χ4v) is 2.43. The van der Waals surface area contributed by atoms with E-state index in [1.807, 2.05) is 0 Å². The normalized spacial score (nSPS) is 14.4. The van der Waals surface area contributed by atoms with Gasteiger partial charge in [-0.05, 0) is 32.7 Å². The van der Waals surface area contributed by atoms with Gasteiger partial charge in [0.1, 0.15) is 18.1 Å². The Morgan fingerprint density at radius 3 is 1.84 bits per heavy atom. The number of aliphatic carboxylic acids is 1. The summed E-state index contributed by atoms with van der Waals surface area (Å²) in [5, 5.41) is 15.9. The predicted molar refractivity (Wildman–Crippen MR) is 108 cm³/mol. The van der Waals surface area contributed by atoms with Gasteiger partial charge in [0.2, 0.25) is 29.5 Å². The molecule has 0 aliphatic carbocycles. The van der Waals surface area contributed by atoms with Crippen molar-refractivity contribution in [3.8, 4) is 0 Å². The zero-order valence-electron chi connectivity index (χ0n) is 17.3. The highest BCUT2D eigenvalue weighted by atomic mass is 16.4. The van der Waals surface area contributed by atoms with Gasteiger partial charge in [-0.15, -0.1) is 0 Å². The van der Waals surface area contributed by atoms with Crippen molar-refractivity contribution in [2.24, 2.45) is 22.9 Å². The maximum absolute atomic E-state index is 12.6. The van der Waals surface area contributed by atoms with Crippen LogP contribution in [0.15, 0.2) is 0 Å². The van der Waals surface area contributed by atoms with Crippen molar-refractivity contribution in [2.45, 2.75) is 63.2 Å². The Kier molecular flexibility index (Phi) is 12.4. The van der Waals surface area contributed by atoms with Gasteiger partial charge in [0.05, 0.1) is 18.9 Å². The van der Waals surface area contributed by atoms with Crippen molar-refractivity contribution >= 4 is 35.5 Å². The molecule has 0 spiro atoms. The molecular formula is C17H31N7O7. The Hall–Kier alpha value is -3.26. The zero-order valence-corrected chi connectivity index (χ0v) is 17.3. The smallest absolute Gasteiger partial charge is 0.326 e. The van der Waals surface area contributed by atoms with E-state index in [1.165, 1.54) is 6.92 Å². The fourth-order valence-electron chi connectivity index (χ4n) is 2.43. The van der Waals surface area contributed by atoms with Crippen LogP contribution < -0.4 is 38.9 Å². The molecule has 0 bridgehead atoms. The average Bonchev–Trinajstić information content (AvgIpc) is 2.65. The Morgan fingerprint density at radius 1 is 0.806 bits per heavy atom. The van der Waals surface area contributed by atoms with Crippen LogP contribution in [0.5, 0.6) is 0 Å². The third kappa shape index (κ3) is 11.5. The number of primary amides is 2. The number of nitrogens with two attached hydrogens (primary N) is 4. The first kappa shape index (κ1) is 27.7. The van der Waals surface area contributed by atoms with Gasteiger partial charge in [-0.2, -0.15) is 0 Å². The highest BCUT2D eigenvalue weighted by molar-refractivity contribution is 5.95. The summed E-state index contributed by atoms with van der Waals surface area (Å²) in [6.07, 6.45) is 0.165. The third-order valence-electron chi connectivity index (χ3n) is 4.11. The topological polar surface area (TPSA) is 263 Å². The molecule has 0 aromatic rings. The molecule has 0 aromatic heterocycles. The number of carboxylic acid groups (broad SMARTS) is 1. The van der Waals surface area contributed by atoms with Crippen LogP contribution in [0.3, 0.4) is 0 Å². The summed E-state index contributed by atoms with van der Waals surface area (Å²) in [5.41, 5.74) is 21.0. The molecule has 0 heterocycles. The second-order valence-corrected chi connectivity index (χ2v) is 6.92. The lowest BCUT2D eigenvalue weighted by atomic mass is 10.1. The van der Waals surface area contributed by atoms with E-state index in [1.54, 1.807) is 0 Å². The lowest BCUT2D eigenvalue weighted by Gasteiger charge is -2.23. The van der Waals surface area contributed by atoms with Crippen molar-refractivity contribution in [2.75, 3.05) is 6.54 Å². The molecule has 14 nitrogen and oxygen atoms in total. The van der Waals surface area contributed by atoms with Gasteiger partial charge in [0, 0.05) is 0 Å². The molecule has 31 heavy (non-hydrogen) atoms. The average molecular weight is 445 g/mol. The van der Waals surface area contributed by atoms with E-state index < -0.39 is 72.5 Å². The first-order chi connectivity index (χ1) is 14.4. The van der Waals surface area contributed by atoms with Crippen LogP contribution in [0.25, 0.3) is 0 Å². The molecule has 0 fully saturated rings. The van der Waals surface area contributed by atoms with Gasteiger partial charge < -0.3 is 44.0 Å². The van der Waals surface area contributed by atoms with Crippen LogP contribution >= 0.6 is 0 Å². The molecule has 0 rings (SSSR count). The summed E-state index contributed by atoms with van der Waals surface area (Å²) in [4.78, 5) is 69.9. The summed E-state index contributed by atoms with van der Waals surface area (Å²) < 4.78 is 0. The lowest BCUT2D eigenvalue weighted by molar-refractivity contribution is -0.143. The molecule has 12 N–H and O–H groups in total. The summed E-state index contributed by atoms with van der Waals surface area (Å²) in [5.74, 6) is -5.59. The van der Waals surface area contributed by atoms with Crippen LogP contribution in [-0.4, -0.2) is 71.3 Å². The van der Waals surface area contributed by atoms with E-state index in [0.717, 1.165) is 0 Å². The number of hydrogen-bond acceptors (Lipinski definition) is 8. The molecule has 176 valence electrons. The van der Waals surface area contributed by atoms with Crippen LogP contribution in [0.1, 0.15) is 39.0 Å². The second kappa shape index (κ2) is 13.9. The van der Waals surface area contributed by atoms with Gasteiger partial charge in [-0.25, -0.2) is 4.79 Å². The van der Waals surface area contributed by atoms with Crippen molar-refractivity contribution in [1.29, 1.82) is 0 Å². The lowest BCUT2D eigenvalue weighted by Crippen LogP contribution is -2.56. The molecule has 0 saturated heterocycles. The molecule has 14 heteroatoms. The quantitative estimate of drug-likeness (QED) is 0.113. The monoisotopic (exact) mass is 445 g/mol. The van der Waals surface area contributed by atoms with Gasteiger partial charge in [-0.3, -0.25) is 24.0 Å². The molecule has 4 unspecified atom stereocenters. The summed E-state index contributed by atoms with van der Waals surface area (Å²) >= 11 is 0. The predicted octanol–water partition coefficient (Wildman–Crippen LogP) is -4.25. The highest BCUT2D eigenvalue weighted by Gasteiger charge is 2.29. The largest absolute Gasteiger partial charge is 0.480 e. The second-order valence-electron chi connectivity index (χ2n) is 6.92. The minimum absolute atomic E-state index is 0.172. The molecule has 0 aromatic carbocycles. The Morgan fingerprint density at radius 2 is 1.35 bits per heavy atom. The Balaban J connectivity index is 5.10. The van der Waals surface area contributed by atoms with E-state index in [0.29, 0.717) is 19.4 Å². The Bertz CT molecular complexity index is 686. The summed E-state index contributed by atoms with van der Waals surface area (Å²) in [6, 6.07) is -5.10. The number of hydrogen-bond donors (Lipinski definition) is 8.